The van der Waals surface area contributed by atoms with Crippen LogP contribution in [0.15, 0.2) is 24.3 Å². The molecular weight excluding hydrogens is 338 g/mol. The van der Waals surface area contributed by atoms with E-state index in [2.05, 4.69) is 36.7 Å². The molecule has 6 heteroatoms. The summed E-state index contributed by atoms with van der Waals surface area (Å²) in [4.78, 5) is 24.3. The van der Waals surface area contributed by atoms with Crippen molar-refractivity contribution in [1.82, 2.24) is 16.0 Å². The molecule has 0 radical (unpaired) electrons. The van der Waals surface area contributed by atoms with Crippen molar-refractivity contribution in [2.75, 3.05) is 26.2 Å². The second kappa shape index (κ2) is 9.78. The summed E-state index contributed by atoms with van der Waals surface area (Å²) in [7, 11) is 0. The van der Waals surface area contributed by atoms with Crippen LogP contribution in [0.4, 0.5) is 0 Å². The number of piperidine rings is 1. The Morgan fingerprint density at radius 1 is 1.08 bits per heavy atom. The molecule has 2 amide bonds. The number of rotatable bonds is 5. The van der Waals surface area contributed by atoms with Crippen molar-refractivity contribution in [3.8, 4) is 0 Å². The second-order valence-electron chi connectivity index (χ2n) is 7.74. The molecule has 140 valence electrons. The molecule has 3 N–H and O–H groups in total. The molecule has 1 atom stereocenters. The third-order valence-electron chi connectivity index (χ3n) is 4.14. The first-order valence-corrected chi connectivity index (χ1v) is 8.72. The SMILES string of the molecule is CC(C)(C)CNC(=O)c1ccc(C(=O)NCC2CCCNC2)cc1.Cl. The van der Waals surface area contributed by atoms with Crippen LogP contribution in [0.1, 0.15) is 54.3 Å². The Labute approximate surface area is 156 Å². The Kier molecular flexibility index (Phi) is 8.39. The van der Waals surface area contributed by atoms with E-state index >= 15 is 0 Å². The smallest absolute Gasteiger partial charge is 0.251 e. The molecule has 25 heavy (non-hydrogen) atoms. The molecule has 0 saturated carbocycles. The van der Waals surface area contributed by atoms with Crippen LogP contribution >= 0.6 is 12.4 Å². The van der Waals surface area contributed by atoms with Crippen molar-refractivity contribution in [2.24, 2.45) is 11.3 Å². The van der Waals surface area contributed by atoms with E-state index in [0.29, 0.717) is 30.1 Å². The highest BCUT2D eigenvalue weighted by atomic mass is 35.5. The molecule has 1 aromatic rings. The maximum absolute atomic E-state index is 12.2. The number of benzene rings is 1. The van der Waals surface area contributed by atoms with E-state index in [1.54, 1.807) is 24.3 Å². The highest BCUT2D eigenvalue weighted by Gasteiger charge is 2.16. The minimum absolute atomic E-state index is 0. The maximum atomic E-state index is 12.2. The zero-order chi connectivity index (χ0) is 17.6. The van der Waals surface area contributed by atoms with E-state index in [1.165, 1.54) is 6.42 Å². The van der Waals surface area contributed by atoms with Crippen LogP contribution in [0.2, 0.25) is 0 Å². The van der Waals surface area contributed by atoms with Crippen molar-refractivity contribution in [3.05, 3.63) is 35.4 Å². The summed E-state index contributed by atoms with van der Waals surface area (Å²) in [5.74, 6) is 0.317. The van der Waals surface area contributed by atoms with Gasteiger partial charge in [0.1, 0.15) is 0 Å². The molecule has 1 heterocycles. The Balaban J connectivity index is 0.00000312. The van der Waals surface area contributed by atoms with Gasteiger partial charge in [0.2, 0.25) is 0 Å². The van der Waals surface area contributed by atoms with Crippen molar-refractivity contribution >= 4 is 24.2 Å². The van der Waals surface area contributed by atoms with Gasteiger partial charge in [-0.1, -0.05) is 20.8 Å². The van der Waals surface area contributed by atoms with Gasteiger partial charge in [0.15, 0.2) is 0 Å². The van der Waals surface area contributed by atoms with Crippen LogP contribution in [-0.4, -0.2) is 38.0 Å². The quantitative estimate of drug-likeness (QED) is 0.749. The van der Waals surface area contributed by atoms with Gasteiger partial charge in [0.05, 0.1) is 0 Å². The summed E-state index contributed by atoms with van der Waals surface area (Å²) in [5, 5.41) is 9.24. The van der Waals surface area contributed by atoms with Crippen LogP contribution in [0, 0.1) is 11.3 Å². The molecule has 0 spiro atoms. The fraction of sp³-hybridized carbons (Fsp3) is 0.579. The van der Waals surface area contributed by atoms with Crippen molar-refractivity contribution in [2.45, 2.75) is 33.6 Å². The number of carbonyl (C=O) groups excluding carboxylic acids is 2. The zero-order valence-corrected chi connectivity index (χ0v) is 16.2. The monoisotopic (exact) mass is 367 g/mol. The average Bonchev–Trinajstić information content (AvgIpc) is 2.58. The Hall–Kier alpha value is -1.59. The van der Waals surface area contributed by atoms with Gasteiger partial charge >= 0.3 is 0 Å². The standard InChI is InChI=1S/C19H29N3O2.ClH/c1-19(2,3)13-22-18(24)16-8-6-15(7-9-16)17(23)21-12-14-5-4-10-20-11-14;/h6-9,14,20H,4-5,10-13H2,1-3H3,(H,21,23)(H,22,24);1H. The predicted molar refractivity (Wildman–Crippen MR) is 103 cm³/mol. The van der Waals surface area contributed by atoms with Crippen LogP contribution < -0.4 is 16.0 Å². The molecule has 1 aliphatic heterocycles. The molecule has 0 aliphatic carbocycles. The maximum Gasteiger partial charge on any atom is 0.251 e. The lowest BCUT2D eigenvalue weighted by Crippen LogP contribution is -2.38. The van der Waals surface area contributed by atoms with Crippen LogP contribution in [-0.2, 0) is 0 Å². The summed E-state index contributed by atoms with van der Waals surface area (Å²) < 4.78 is 0. The third-order valence-corrected chi connectivity index (χ3v) is 4.14. The van der Waals surface area contributed by atoms with Gasteiger partial charge in [-0.3, -0.25) is 9.59 Å². The molecule has 1 unspecified atom stereocenters. The summed E-state index contributed by atoms with van der Waals surface area (Å²) >= 11 is 0. The third kappa shape index (κ3) is 7.45. The van der Waals surface area contributed by atoms with E-state index < -0.39 is 0 Å². The van der Waals surface area contributed by atoms with E-state index in [-0.39, 0.29) is 29.6 Å². The number of hydrogen-bond acceptors (Lipinski definition) is 3. The molecule has 0 bridgehead atoms. The van der Waals surface area contributed by atoms with Gasteiger partial charge < -0.3 is 16.0 Å². The lowest BCUT2D eigenvalue weighted by Gasteiger charge is -2.22. The van der Waals surface area contributed by atoms with Crippen LogP contribution in [0.3, 0.4) is 0 Å². The largest absolute Gasteiger partial charge is 0.352 e. The Morgan fingerprint density at radius 2 is 1.64 bits per heavy atom. The van der Waals surface area contributed by atoms with E-state index in [9.17, 15) is 9.59 Å². The van der Waals surface area contributed by atoms with Gasteiger partial charge in [-0.15, -0.1) is 12.4 Å². The van der Waals surface area contributed by atoms with Crippen LogP contribution in [0.25, 0.3) is 0 Å². The molecule has 0 aromatic heterocycles. The topological polar surface area (TPSA) is 70.2 Å². The molecule has 1 saturated heterocycles. The molecule has 1 fully saturated rings. The van der Waals surface area contributed by atoms with Crippen molar-refractivity contribution in [1.29, 1.82) is 0 Å². The van der Waals surface area contributed by atoms with E-state index in [1.807, 2.05) is 0 Å². The molecular formula is C19H30ClN3O2. The summed E-state index contributed by atoms with van der Waals surface area (Å²) in [6, 6.07) is 6.82. The summed E-state index contributed by atoms with van der Waals surface area (Å²) in [6.45, 7) is 9.56. The van der Waals surface area contributed by atoms with Crippen LogP contribution in [0.5, 0.6) is 0 Å². The first kappa shape index (κ1) is 21.5. The van der Waals surface area contributed by atoms with Gasteiger partial charge in [0.25, 0.3) is 11.8 Å². The normalized spacial score (nSPS) is 17.3. The molecule has 1 aromatic carbocycles. The van der Waals surface area contributed by atoms with Crippen molar-refractivity contribution in [3.63, 3.8) is 0 Å². The number of amides is 2. The number of halogens is 1. The number of hydrogen-bond donors (Lipinski definition) is 3. The fourth-order valence-electron chi connectivity index (χ4n) is 2.66. The summed E-state index contributed by atoms with van der Waals surface area (Å²) in [6.07, 6.45) is 2.32. The number of carbonyl (C=O) groups is 2. The minimum Gasteiger partial charge on any atom is -0.352 e. The van der Waals surface area contributed by atoms with Gasteiger partial charge in [-0.2, -0.15) is 0 Å². The Bertz CT molecular complexity index is 561. The van der Waals surface area contributed by atoms with Gasteiger partial charge in [-0.25, -0.2) is 0 Å². The average molecular weight is 368 g/mol. The fourth-order valence-corrected chi connectivity index (χ4v) is 2.66. The molecule has 1 aliphatic rings. The molecule has 5 nitrogen and oxygen atoms in total. The van der Waals surface area contributed by atoms with E-state index in [0.717, 1.165) is 19.5 Å². The Morgan fingerprint density at radius 3 is 2.12 bits per heavy atom. The number of nitrogens with one attached hydrogen (secondary N) is 3. The first-order valence-electron chi connectivity index (χ1n) is 8.72. The molecule has 2 rings (SSSR count). The minimum atomic E-state index is -0.106. The van der Waals surface area contributed by atoms with Gasteiger partial charge in [0, 0.05) is 24.2 Å². The zero-order valence-electron chi connectivity index (χ0n) is 15.4. The van der Waals surface area contributed by atoms with Gasteiger partial charge in [-0.05, 0) is 61.5 Å². The predicted octanol–water partition coefficient (Wildman–Crippen LogP) is 2.61. The second-order valence-corrected chi connectivity index (χ2v) is 7.74. The highest BCUT2D eigenvalue weighted by molar-refractivity contribution is 5.97. The highest BCUT2D eigenvalue weighted by Crippen LogP contribution is 2.12. The van der Waals surface area contributed by atoms with E-state index in [4.69, 9.17) is 0 Å². The lowest BCUT2D eigenvalue weighted by atomic mass is 9.97. The lowest BCUT2D eigenvalue weighted by molar-refractivity contribution is 0.0930. The summed E-state index contributed by atoms with van der Waals surface area (Å²) in [5.41, 5.74) is 1.21. The first-order chi connectivity index (χ1) is 11.3. The van der Waals surface area contributed by atoms with Crippen molar-refractivity contribution < 1.29 is 9.59 Å².